The van der Waals surface area contributed by atoms with Crippen molar-refractivity contribution in [2.45, 2.75) is 4.90 Å². The SMILES string of the molecule is CSc1c(N)nsc1N(C)CC(=O)N(C)C. The molecule has 5 nitrogen and oxygen atoms in total. The van der Waals surface area contributed by atoms with Crippen molar-refractivity contribution in [1.82, 2.24) is 9.27 Å². The third-order valence-electron chi connectivity index (χ3n) is 2.08. The summed E-state index contributed by atoms with van der Waals surface area (Å²) in [5.41, 5.74) is 5.74. The van der Waals surface area contributed by atoms with Gasteiger partial charge in [-0.25, -0.2) is 0 Å². The molecule has 1 aromatic heterocycles. The second-order valence-corrected chi connectivity index (χ2v) is 5.12. The molecule has 16 heavy (non-hydrogen) atoms. The lowest BCUT2D eigenvalue weighted by Gasteiger charge is -2.19. The Morgan fingerprint density at radius 3 is 2.62 bits per heavy atom. The van der Waals surface area contributed by atoms with Crippen molar-refractivity contribution in [3.8, 4) is 0 Å². The molecular weight excluding hydrogens is 244 g/mol. The molecule has 1 rings (SSSR count). The Labute approximate surface area is 104 Å². The van der Waals surface area contributed by atoms with Crippen LogP contribution in [0.3, 0.4) is 0 Å². The summed E-state index contributed by atoms with van der Waals surface area (Å²) in [4.78, 5) is 16.0. The first-order chi connectivity index (χ1) is 7.47. The maximum absolute atomic E-state index is 11.6. The standard InChI is InChI=1S/C9H16N4OS2/c1-12(2)6(14)5-13(3)9-7(15-4)8(10)11-16-9/h5H2,1-4H3,(H2,10,11). The van der Waals surface area contributed by atoms with E-state index in [4.69, 9.17) is 5.73 Å². The zero-order valence-corrected chi connectivity index (χ0v) is 11.5. The van der Waals surface area contributed by atoms with Crippen LogP contribution in [0.1, 0.15) is 0 Å². The predicted octanol–water partition coefficient (Wildman–Crippen LogP) is 0.972. The molecule has 0 saturated heterocycles. The zero-order valence-electron chi connectivity index (χ0n) is 9.85. The summed E-state index contributed by atoms with van der Waals surface area (Å²) in [5, 5.41) is 0.945. The summed E-state index contributed by atoms with van der Waals surface area (Å²) in [6.07, 6.45) is 1.95. The molecule has 0 unspecified atom stereocenters. The fraction of sp³-hybridized carbons (Fsp3) is 0.556. The molecule has 0 saturated carbocycles. The van der Waals surface area contributed by atoms with Crippen LogP contribution in [0.2, 0.25) is 0 Å². The Kier molecular flexibility index (Phi) is 4.43. The lowest BCUT2D eigenvalue weighted by Crippen LogP contribution is -2.34. The van der Waals surface area contributed by atoms with Crippen LogP contribution in [-0.2, 0) is 4.79 Å². The number of amides is 1. The van der Waals surface area contributed by atoms with Gasteiger partial charge in [-0.2, -0.15) is 4.37 Å². The molecule has 1 heterocycles. The van der Waals surface area contributed by atoms with Gasteiger partial charge in [0, 0.05) is 21.1 Å². The smallest absolute Gasteiger partial charge is 0.241 e. The number of nitrogen functional groups attached to an aromatic ring is 1. The van der Waals surface area contributed by atoms with Gasteiger partial charge in [0.15, 0.2) is 5.82 Å². The second-order valence-electron chi connectivity index (χ2n) is 3.55. The number of anilines is 2. The van der Waals surface area contributed by atoms with Crippen LogP contribution < -0.4 is 10.6 Å². The molecule has 1 amide bonds. The van der Waals surface area contributed by atoms with Crippen LogP contribution in [0.4, 0.5) is 10.8 Å². The van der Waals surface area contributed by atoms with E-state index >= 15 is 0 Å². The first kappa shape index (κ1) is 13.1. The first-order valence-electron chi connectivity index (χ1n) is 4.67. The third kappa shape index (κ3) is 2.79. The molecule has 0 atom stereocenters. The summed E-state index contributed by atoms with van der Waals surface area (Å²) in [6.45, 7) is 0.336. The number of nitrogens with two attached hydrogens (primary N) is 1. The number of thioether (sulfide) groups is 1. The summed E-state index contributed by atoms with van der Waals surface area (Å²) in [5.74, 6) is 0.596. The van der Waals surface area contributed by atoms with E-state index in [9.17, 15) is 4.79 Å². The number of carbonyl (C=O) groups is 1. The van der Waals surface area contributed by atoms with Crippen LogP contribution in [0.25, 0.3) is 0 Å². The van der Waals surface area contributed by atoms with E-state index in [0.29, 0.717) is 12.4 Å². The first-order valence-corrected chi connectivity index (χ1v) is 6.67. The quantitative estimate of drug-likeness (QED) is 0.817. The maximum atomic E-state index is 11.6. The second kappa shape index (κ2) is 5.40. The van der Waals surface area contributed by atoms with E-state index in [1.54, 1.807) is 30.8 Å². The largest absolute Gasteiger partial charge is 0.382 e. The van der Waals surface area contributed by atoms with Gasteiger partial charge in [-0.1, -0.05) is 0 Å². The molecule has 90 valence electrons. The van der Waals surface area contributed by atoms with Gasteiger partial charge >= 0.3 is 0 Å². The van der Waals surface area contributed by atoms with Crippen molar-refractivity contribution in [2.24, 2.45) is 0 Å². The fourth-order valence-electron chi connectivity index (χ4n) is 1.14. The van der Waals surface area contributed by atoms with Crippen molar-refractivity contribution in [1.29, 1.82) is 0 Å². The molecular formula is C9H16N4OS2. The highest BCUT2D eigenvalue weighted by Gasteiger charge is 2.17. The number of carbonyl (C=O) groups excluding carboxylic acids is 1. The van der Waals surface area contributed by atoms with E-state index in [1.165, 1.54) is 11.5 Å². The summed E-state index contributed by atoms with van der Waals surface area (Å²) in [6, 6.07) is 0. The molecule has 7 heteroatoms. The van der Waals surface area contributed by atoms with Crippen molar-refractivity contribution < 1.29 is 4.79 Å². The van der Waals surface area contributed by atoms with Gasteiger partial charge in [0.25, 0.3) is 0 Å². The normalized spacial score (nSPS) is 10.2. The summed E-state index contributed by atoms with van der Waals surface area (Å²) < 4.78 is 4.09. The maximum Gasteiger partial charge on any atom is 0.241 e. The van der Waals surface area contributed by atoms with Crippen LogP contribution in [0.5, 0.6) is 0 Å². The molecule has 0 radical (unpaired) electrons. The Hall–Kier alpha value is -0.950. The lowest BCUT2D eigenvalue weighted by atomic mass is 10.4. The molecule has 0 aliphatic carbocycles. The number of likely N-dealkylation sites (N-methyl/N-ethyl adjacent to an activating group) is 2. The average Bonchev–Trinajstić information content (AvgIpc) is 2.59. The van der Waals surface area contributed by atoms with E-state index in [-0.39, 0.29) is 5.91 Å². The van der Waals surface area contributed by atoms with Gasteiger partial charge in [0.1, 0.15) is 5.00 Å². The molecule has 2 N–H and O–H groups in total. The van der Waals surface area contributed by atoms with Crippen molar-refractivity contribution >= 4 is 40.0 Å². The third-order valence-corrected chi connectivity index (χ3v) is 4.00. The van der Waals surface area contributed by atoms with Gasteiger partial charge in [0.05, 0.1) is 11.4 Å². The summed E-state index contributed by atoms with van der Waals surface area (Å²) in [7, 11) is 5.35. The molecule has 0 aliphatic rings. The van der Waals surface area contributed by atoms with E-state index in [1.807, 2.05) is 18.2 Å². The van der Waals surface area contributed by atoms with E-state index < -0.39 is 0 Å². The monoisotopic (exact) mass is 260 g/mol. The Morgan fingerprint density at radius 2 is 2.12 bits per heavy atom. The van der Waals surface area contributed by atoms with Gasteiger partial charge in [-0.3, -0.25) is 4.79 Å². The minimum absolute atomic E-state index is 0.0570. The minimum atomic E-state index is 0.0570. The number of hydrogen-bond acceptors (Lipinski definition) is 6. The Morgan fingerprint density at radius 1 is 1.50 bits per heavy atom. The number of hydrogen-bond donors (Lipinski definition) is 1. The number of rotatable bonds is 4. The summed E-state index contributed by atoms with van der Waals surface area (Å²) >= 11 is 2.87. The van der Waals surface area contributed by atoms with Crippen molar-refractivity contribution in [3.05, 3.63) is 0 Å². The molecule has 0 fully saturated rings. The van der Waals surface area contributed by atoms with Crippen LogP contribution >= 0.6 is 23.3 Å². The highest BCUT2D eigenvalue weighted by molar-refractivity contribution is 7.99. The average molecular weight is 260 g/mol. The van der Waals surface area contributed by atoms with Crippen LogP contribution in [0.15, 0.2) is 4.90 Å². The van der Waals surface area contributed by atoms with Crippen molar-refractivity contribution in [2.75, 3.05) is 44.6 Å². The topological polar surface area (TPSA) is 62.5 Å². The van der Waals surface area contributed by atoms with Crippen LogP contribution in [-0.4, -0.2) is 49.1 Å². The Balaban J connectivity index is 2.80. The lowest BCUT2D eigenvalue weighted by molar-refractivity contribution is -0.127. The van der Waals surface area contributed by atoms with E-state index in [2.05, 4.69) is 4.37 Å². The molecule has 1 aromatic rings. The highest BCUT2D eigenvalue weighted by Crippen LogP contribution is 2.36. The predicted molar refractivity (Wildman–Crippen MR) is 70.3 cm³/mol. The molecule has 0 spiro atoms. The number of aromatic nitrogens is 1. The van der Waals surface area contributed by atoms with Crippen molar-refractivity contribution in [3.63, 3.8) is 0 Å². The van der Waals surface area contributed by atoms with Crippen LogP contribution in [0, 0.1) is 0 Å². The van der Waals surface area contributed by atoms with Gasteiger partial charge in [0.2, 0.25) is 5.91 Å². The highest BCUT2D eigenvalue weighted by atomic mass is 32.2. The fourth-order valence-corrected chi connectivity index (χ4v) is 2.81. The number of nitrogens with zero attached hydrogens (tertiary/aromatic N) is 3. The molecule has 0 aromatic carbocycles. The van der Waals surface area contributed by atoms with Gasteiger partial charge in [-0.15, -0.1) is 11.8 Å². The minimum Gasteiger partial charge on any atom is -0.382 e. The van der Waals surface area contributed by atoms with Gasteiger partial charge in [-0.05, 0) is 17.8 Å². The molecule has 0 bridgehead atoms. The molecule has 0 aliphatic heterocycles. The van der Waals surface area contributed by atoms with E-state index in [0.717, 1.165) is 9.90 Å². The van der Waals surface area contributed by atoms with Gasteiger partial charge < -0.3 is 15.5 Å². The Bertz CT molecular complexity index is 378. The zero-order chi connectivity index (χ0) is 12.3.